The fraction of sp³-hybridized carbons (Fsp3) is 0.222. The Bertz CT molecular complexity index is 1060. The van der Waals surface area contributed by atoms with Crippen LogP contribution in [0.3, 0.4) is 0 Å². The number of amides is 2. The number of rotatable bonds is 6. The summed E-state index contributed by atoms with van der Waals surface area (Å²) in [4.78, 5) is 32.6. The standard InChI is InChI=1S/C18H19N5O4/c1-4-6-23-14-12(7-10(16(19)25)8-13(14)24)21-18(23)22-17(26)15-11(5-2)20-9(3)27-15/h4,7-8,24H,1,5-6H2,2-3H3,(H2,19,25)(H,21,22,26). The summed E-state index contributed by atoms with van der Waals surface area (Å²) in [5.41, 5.74) is 6.58. The van der Waals surface area contributed by atoms with Crippen LogP contribution in [0.2, 0.25) is 0 Å². The van der Waals surface area contributed by atoms with Gasteiger partial charge in [-0.3, -0.25) is 14.9 Å². The first-order valence-corrected chi connectivity index (χ1v) is 8.27. The summed E-state index contributed by atoms with van der Waals surface area (Å²) in [6.07, 6.45) is 2.13. The van der Waals surface area contributed by atoms with E-state index in [1.807, 2.05) is 6.92 Å². The van der Waals surface area contributed by atoms with Crippen LogP contribution < -0.4 is 11.1 Å². The van der Waals surface area contributed by atoms with Gasteiger partial charge in [0.1, 0.15) is 11.3 Å². The number of aryl methyl sites for hydroxylation is 2. The number of oxazole rings is 1. The molecular weight excluding hydrogens is 350 g/mol. The average Bonchev–Trinajstić information content (AvgIpc) is 3.16. The third-order valence-electron chi connectivity index (χ3n) is 3.99. The first-order valence-electron chi connectivity index (χ1n) is 8.27. The maximum absolute atomic E-state index is 12.6. The molecule has 0 spiro atoms. The van der Waals surface area contributed by atoms with E-state index in [0.717, 1.165) is 0 Å². The number of primary amides is 1. The van der Waals surface area contributed by atoms with E-state index in [4.69, 9.17) is 10.2 Å². The van der Waals surface area contributed by atoms with Crippen LogP contribution in [-0.4, -0.2) is 31.5 Å². The molecule has 2 amide bonds. The van der Waals surface area contributed by atoms with Crippen LogP contribution in [0.15, 0.2) is 29.2 Å². The minimum absolute atomic E-state index is 0.106. The Morgan fingerprint density at radius 2 is 2.15 bits per heavy atom. The molecule has 0 aliphatic carbocycles. The highest BCUT2D eigenvalue weighted by Gasteiger charge is 2.22. The summed E-state index contributed by atoms with van der Waals surface area (Å²) < 4.78 is 6.96. The molecule has 3 rings (SSSR count). The van der Waals surface area contributed by atoms with E-state index in [1.54, 1.807) is 17.6 Å². The van der Waals surface area contributed by atoms with Crippen molar-refractivity contribution >= 4 is 28.8 Å². The molecule has 4 N–H and O–H groups in total. The molecule has 2 aromatic heterocycles. The number of carbonyl (C=O) groups excluding carboxylic acids is 2. The molecule has 0 aliphatic heterocycles. The van der Waals surface area contributed by atoms with Gasteiger partial charge in [-0.05, 0) is 18.6 Å². The van der Waals surface area contributed by atoms with Gasteiger partial charge in [0.15, 0.2) is 5.89 Å². The van der Waals surface area contributed by atoms with Gasteiger partial charge in [-0.15, -0.1) is 6.58 Å². The zero-order valence-electron chi connectivity index (χ0n) is 14.9. The maximum atomic E-state index is 12.6. The highest BCUT2D eigenvalue weighted by atomic mass is 16.4. The molecule has 0 fully saturated rings. The van der Waals surface area contributed by atoms with E-state index in [1.165, 1.54) is 12.1 Å². The van der Waals surface area contributed by atoms with Gasteiger partial charge in [0.2, 0.25) is 17.6 Å². The second-order valence-electron chi connectivity index (χ2n) is 5.88. The number of nitrogens with one attached hydrogen (secondary N) is 1. The quantitative estimate of drug-likeness (QED) is 0.569. The Balaban J connectivity index is 2.08. The molecule has 3 aromatic rings. The molecule has 1 aromatic carbocycles. The van der Waals surface area contributed by atoms with Gasteiger partial charge in [-0.25, -0.2) is 9.97 Å². The third kappa shape index (κ3) is 3.26. The molecule has 0 bridgehead atoms. The molecule has 0 saturated carbocycles. The van der Waals surface area contributed by atoms with Gasteiger partial charge in [0.25, 0.3) is 5.91 Å². The second kappa shape index (κ2) is 6.94. The smallest absolute Gasteiger partial charge is 0.295 e. The maximum Gasteiger partial charge on any atom is 0.295 e. The van der Waals surface area contributed by atoms with E-state index in [2.05, 4.69) is 21.9 Å². The van der Waals surface area contributed by atoms with Crippen LogP contribution in [0.5, 0.6) is 5.75 Å². The molecule has 9 nitrogen and oxygen atoms in total. The number of aromatic nitrogens is 3. The van der Waals surface area contributed by atoms with Crippen LogP contribution >= 0.6 is 0 Å². The normalized spacial score (nSPS) is 10.9. The highest BCUT2D eigenvalue weighted by molar-refractivity contribution is 6.04. The lowest BCUT2D eigenvalue weighted by atomic mass is 10.1. The van der Waals surface area contributed by atoms with E-state index in [9.17, 15) is 14.7 Å². The van der Waals surface area contributed by atoms with Crippen molar-refractivity contribution in [1.29, 1.82) is 0 Å². The van der Waals surface area contributed by atoms with E-state index < -0.39 is 11.8 Å². The number of allylic oxidation sites excluding steroid dienone is 1. The number of benzene rings is 1. The summed E-state index contributed by atoms with van der Waals surface area (Å²) in [5.74, 6) is -0.720. The number of anilines is 1. The zero-order chi connectivity index (χ0) is 19.7. The Labute approximate surface area is 154 Å². The molecule has 9 heteroatoms. The second-order valence-corrected chi connectivity index (χ2v) is 5.88. The fourth-order valence-corrected chi connectivity index (χ4v) is 2.84. The topological polar surface area (TPSA) is 136 Å². The van der Waals surface area contributed by atoms with Crippen molar-refractivity contribution in [3.05, 3.63) is 47.7 Å². The molecule has 0 saturated heterocycles. The van der Waals surface area contributed by atoms with Crippen LogP contribution in [0.1, 0.15) is 39.4 Å². The molecule has 0 atom stereocenters. The summed E-state index contributed by atoms with van der Waals surface area (Å²) in [7, 11) is 0. The minimum Gasteiger partial charge on any atom is -0.506 e. The summed E-state index contributed by atoms with van der Waals surface area (Å²) in [6, 6.07) is 2.70. The number of phenols is 1. The van der Waals surface area contributed by atoms with Crippen LogP contribution in [0.4, 0.5) is 5.95 Å². The monoisotopic (exact) mass is 369 g/mol. The van der Waals surface area contributed by atoms with Crippen molar-refractivity contribution in [2.75, 3.05) is 5.32 Å². The summed E-state index contributed by atoms with van der Waals surface area (Å²) in [6.45, 7) is 7.48. The van der Waals surface area contributed by atoms with Crippen molar-refractivity contribution in [2.45, 2.75) is 26.8 Å². The van der Waals surface area contributed by atoms with Crippen LogP contribution in [0.25, 0.3) is 11.0 Å². The first kappa shape index (κ1) is 18.2. The molecule has 140 valence electrons. The SMILES string of the molecule is C=CCn1c(NC(=O)c2oc(C)nc2CC)nc2cc(C(N)=O)cc(O)c21. The number of hydrogen-bond acceptors (Lipinski definition) is 6. The lowest BCUT2D eigenvalue weighted by Crippen LogP contribution is -2.16. The van der Waals surface area contributed by atoms with Crippen LogP contribution in [-0.2, 0) is 13.0 Å². The number of fused-ring (bicyclic) bond motifs is 1. The number of imidazole rings is 1. The van der Waals surface area contributed by atoms with E-state index >= 15 is 0 Å². The van der Waals surface area contributed by atoms with Gasteiger partial charge < -0.3 is 19.8 Å². The predicted octanol–water partition coefficient (Wildman–Crippen LogP) is 2.14. The predicted molar refractivity (Wildman–Crippen MR) is 98.7 cm³/mol. The van der Waals surface area contributed by atoms with E-state index in [-0.39, 0.29) is 29.6 Å². The molecule has 0 unspecified atom stereocenters. The molecule has 27 heavy (non-hydrogen) atoms. The van der Waals surface area contributed by atoms with Gasteiger partial charge in [0.05, 0.1) is 11.2 Å². The Hall–Kier alpha value is -3.62. The first-order chi connectivity index (χ1) is 12.8. The van der Waals surface area contributed by atoms with Crippen LogP contribution in [0, 0.1) is 6.92 Å². The molecule has 0 aliphatic rings. The lowest BCUT2D eigenvalue weighted by Gasteiger charge is -2.08. The number of nitrogens with zero attached hydrogens (tertiary/aromatic N) is 3. The Morgan fingerprint density at radius 3 is 2.78 bits per heavy atom. The summed E-state index contributed by atoms with van der Waals surface area (Å²) in [5, 5.41) is 13.0. The summed E-state index contributed by atoms with van der Waals surface area (Å²) >= 11 is 0. The molecule has 2 heterocycles. The molecule has 0 radical (unpaired) electrons. The number of hydrogen-bond donors (Lipinski definition) is 3. The van der Waals surface area contributed by atoms with Gasteiger partial charge in [0, 0.05) is 19.0 Å². The molecular formula is C18H19N5O4. The minimum atomic E-state index is -0.694. The van der Waals surface area contributed by atoms with Gasteiger partial charge in [-0.2, -0.15) is 0 Å². The number of nitrogens with two attached hydrogens (primary N) is 1. The van der Waals surface area contributed by atoms with Crippen molar-refractivity contribution in [3.63, 3.8) is 0 Å². The van der Waals surface area contributed by atoms with Gasteiger partial charge >= 0.3 is 0 Å². The number of aromatic hydroxyl groups is 1. The number of phenolic OH excluding ortho intramolecular Hbond substituents is 1. The van der Waals surface area contributed by atoms with Crippen molar-refractivity contribution < 1.29 is 19.1 Å². The average molecular weight is 369 g/mol. The van der Waals surface area contributed by atoms with Crippen molar-refractivity contribution in [2.24, 2.45) is 5.73 Å². The zero-order valence-corrected chi connectivity index (χ0v) is 14.9. The third-order valence-corrected chi connectivity index (χ3v) is 3.99. The van der Waals surface area contributed by atoms with E-state index in [0.29, 0.717) is 29.0 Å². The lowest BCUT2D eigenvalue weighted by molar-refractivity contribution is 0.0988. The Kier molecular flexibility index (Phi) is 4.68. The van der Waals surface area contributed by atoms with Crippen molar-refractivity contribution in [1.82, 2.24) is 14.5 Å². The Morgan fingerprint density at radius 1 is 1.41 bits per heavy atom. The highest BCUT2D eigenvalue weighted by Crippen LogP contribution is 2.30. The van der Waals surface area contributed by atoms with Gasteiger partial charge in [-0.1, -0.05) is 13.0 Å². The van der Waals surface area contributed by atoms with Crippen molar-refractivity contribution in [3.8, 4) is 5.75 Å². The largest absolute Gasteiger partial charge is 0.506 e. The fourth-order valence-electron chi connectivity index (χ4n) is 2.84. The number of carbonyl (C=O) groups is 2.